The fourth-order valence-corrected chi connectivity index (χ4v) is 5.39. The highest BCUT2D eigenvalue weighted by Crippen LogP contribution is 2.28. The van der Waals surface area contributed by atoms with Crippen LogP contribution in [-0.4, -0.2) is 68.4 Å². The molecule has 9 nitrogen and oxygen atoms in total. The number of hydrogen-bond donors (Lipinski definition) is 3. The third kappa shape index (κ3) is 5.75. The molecule has 1 aliphatic carbocycles. The Morgan fingerprint density at radius 3 is 2.70 bits per heavy atom. The van der Waals surface area contributed by atoms with Crippen LogP contribution in [0.5, 0.6) is 0 Å². The SMILES string of the molecule is COC1CCN(Cc2cc(Nc3nc4cccnc4s3)nc(NC3CCC(O)CC3)n2)CC1. The van der Waals surface area contributed by atoms with E-state index < -0.39 is 0 Å². The minimum atomic E-state index is -0.185. The zero-order valence-electron chi connectivity index (χ0n) is 18.9. The monoisotopic (exact) mass is 469 g/mol. The van der Waals surface area contributed by atoms with Gasteiger partial charge in [-0.15, -0.1) is 0 Å². The van der Waals surface area contributed by atoms with E-state index in [0.717, 1.165) is 85.1 Å². The summed E-state index contributed by atoms with van der Waals surface area (Å²) in [5.41, 5.74) is 1.85. The second kappa shape index (κ2) is 10.3. The van der Waals surface area contributed by atoms with Crippen molar-refractivity contribution in [3.05, 3.63) is 30.1 Å². The van der Waals surface area contributed by atoms with Gasteiger partial charge in [-0.1, -0.05) is 11.3 Å². The number of aromatic nitrogens is 4. The van der Waals surface area contributed by atoms with E-state index in [0.29, 0.717) is 12.1 Å². The van der Waals surface area contributed by atoms with E-state index >= 15 is 0 Å². The molecule has 1 aliphatic heterocycles. The van der Waals surface area contributed by atoms with E-state index in [4.69, 9.17) is 14.7 Å². The number of hydrogen-bond acceptors (Lipinski definition) is 10. The first-order valence-corrected chi connectivity index (χ1v) is 12.5. The van der Waals surface area contributed by atoms with Crippen molar-refractivity contribution in [3.8, 4) is 0 Å². The second-order valence-electron chi connectivity index (χ2n) is 8.90. The van der Waals surface area contributed by atoms with E-state index in [9.17, 15) is 5.11 Å². The summed E-state index contributed by atoms with van der Waals surface area (Å²) >= 11 is 1.51. The lowest BCUT2D eigenvalue weighted by Crippen LogP contribution is -2.36. The van der Waals surface area contributed by atoms with Crippen LogP contribution in [0.2, 0.25) is 0 Å². The number of aliphatic hydroxyl groups is 1. The Morgan fingerprint density at radius 1 is 1.12 bits per heavy atom. The van der Waals surface area contributed by atoms with Crippen LogP contribution >= 0.6 is 11.3 Å². The van der Waals surface area contributed by atoms with Crippen LogP contribution in [0.1, 0.15) is 44.2 Å². The quantitative estimate of drug-likeness (QED) is 0.479. The van der Waals surface area contributed by atoms with Crippen molar-refractivity contribution < 1.29 is 9.84 Å². The molecule has 0 spiro atoms. The molecule has 2 fully saturated rings. The largest absolute Gasteiger partial charge is 0.393 e. The summed E-state index contributed by atoms with van der Waals surface area (Å²) in [6.45, 7) is 2.77. The Morgan fingerprint density at radius 2 is 1.94 bits per heavy atom. The molecule has 10 heteroatoms. The molecule has 0 atom stereocenters. The van der Waals surface area contributed by atoms with Crippen LogP contribution in [0.4, 0.5) is 16.9 Å². The van der Waals surface area contributed by atoms with Crippen LogP contribution in [0, 0.1) is 0 Å². The Labute approximate surface area is 197 Å². The lowest BCUT2D eigenvalue weighted by Gasteiger charge is -2.31. The number of pyridine rings is 1. The van der Waals surface area contributed by atoms with Crippen molar-refractivity contribution >= 4 is 38.6 Å². The number of nitrogens with one attached hydrogen (secondary N) is 2. The molecule has 3 N–H and O–H groups in total. The zero-order valence-corrected chi connectivity index (χ0v) is 19.7. The number of piperidine rings is 1. The molecule has 33 heavy (non-hydrogen) atoms. The molecular weight excluding hydrogens is 438 g/mol. The van der Waals surface area contributed by atoms with Crippen molar-refractivity contribution in [2.75, 3.05) is 30.8 Å². The van der Waals surface area contributed by atoms with Crippen molar-refractivity contribution in [3.63, 3.8) is 0 Å². The average Bonchev–Trinajstić information content (AvgIpc) is 3.23. The maximum absolute atomic E-state index is 9.83. The number of methoxy groups -OCH3 is 1. The molecule has 3 aromatic rings. The lowest BCUT2D eigenvalue weighted by atomic mass is 9.93. The van der Waals surface area contributed by atoms with Gasteiger partial charge in [-0.05, 0) is 50.7 Å². The van der Waals surface area contributed by atoms with Gasteiger partial charge >= 0.3 is 0 Å². The van der Waals surface area contributed by atoms with Crippen LogP contribution in [0.25, 0.3) is 10.3 Å². The average molecular weight is 470 g/mol. The highest BCUT2D eigenvalue weighted by molar-refractivity contribution is 7.21. The third-order valence-electron chi connectivity index (χ3n) is 6.46. The van der Waals surface area contributed by atoms with Gasteiger partial charge in [-0.3, -0.25) is 4.90 Å². The molecule has 2 aliphatic rings. The van der Waals surface area contributed by atoms with Gasteiger partial charge in [0.1, 0.15) is 16.2 Å². The van der Waals surface area contributed by atoms with Gasteiger partial charge < -0.3 is 20.5 Å². The standard InChI is InChI=1S/C23H31N7O2S/c1-32-18-8-11-30(12-9-18)14-16-13-20(29-23-27-19-3-2-10-24-21(19)33-23)28-22(26-16)25-15-4-6-17(31)7-5-15/h2-3,10,13,15,17-18,31H,4-9,11-12,14H2,1H3,(H2,25,26,27,28,29). The van der Waals surface area contributed by atoms with Gasteiger partial charge in [0.2, 0.25) is 5.95 Å². The Bertz CT molecular complexity index is 1030. The summed E-state index contributed by atoms with van der Waals surface area (Å²) in [6, 6.07) is 6.15. The van der Waals surface area contributed by atoms with E-state index in [1.807, 2.05) is 18.2 Å². The molecule has 1 saturated heterocycles. The number of nitrogens with zero attached hydrogens (tertiary/aromatic N) is 5. The summed E-state index contributed by atoms with van der Waals surface area (Å²) in [7, 11) is 1.79. The third-order valence-corrected chi connectivity index (χ3v) is 7.36. The van der Waals surface area contributed by atoms with Crippen LogP contribution in [0.3, 0.4) is 0 Å². The van der Waals surface area contributed by atoms with Gasteiger partial charge in [0.25, 0.3) is 0 Å². The summed E-state index contributed by atoms with van der Waals surface area (Å²) in [5, 5.41) is 17.5. The molecule has 3 aromatic heterocycles. The number of ether oxygens (including phenoxy) is 1. The molecule has 0 aromatic carbocycles. The highest BCUT2D eigenvalue weighted by atomic mass is 32.1. The van der Waals surface area contributed by atoms with Gasteiger partial charge in [0.15, 0.2) is 5.13 Å². The smallest absolute Gasteiger partial charge is 0.225 e. The van der Waals surface area contributed by atoms with Gasteiger partial charge in [0.05, 0.1) is 17.9 Å². The maximum Gasteiger partial charge on any atom is 0.225 e. The molecular formula is C23H31N7O2S. The van der Waals surface area contributed by atoms with E-state index in [1.54, 1.807) is 13.3 Å². The summed E-state index contributed by atoms with van der Waals surface area (Å²) in [6.07, 6.45) is 7.51. The molecule has 4 heterocycles. The zero-order chi connectivity index (χ0) is 22.6. The van der Waals surface area contributed by atoms with Crippen LogP contribution in [-0.2, 0) is 11.3 Å². The molecule has 0 amide bonds. The Balaban J connectivity index is 1.34. The van der Waals surface area contributed by atoms with Crippen molar-refractivity contribution in [1.29, 1.82) is 0 Å². The first-order chi connectivity index (χ1) is 16.1. The first-order valence-electron chi connectivity index (χ1n) is 11.7. The van der Waals surface area contributed by atoms with E-state index in [1.165, 1.54) is 11.3 Å². The van der Waals surface area contributed by atoms with E-state index in [2.05, 4.69) is 25.5 Å². The maximum atomic E-state index is 9.83. The predicted molar refractivity (Wildman–Crippen MR) is 130 cm³/mol. The lowest BCUT2D eigenvalue weighted by molar-refractivity contribution is 0.0385. The van der Waals surface area contributed by atoms with E-state index in [-0.39, 0.29) is 12.1 Å². The predicted octanol–water partition coefficient (Wildman–Crippen LogP) is 3.55. The van der Waals surface area contributed by atoms with Crippen molar-refractivity contribution in [1.82, 2.24) is 24.8 Å². The molecule has 0 bridgehead atoms. The van der Waals surface area contributed by atoms with Crippen LogP contribution in [0.15, 0.2) is 24.4 Å². The van der Waals surface area contributed by atoms with Crippen molar-refractivity contribution in [2.45, 2.75) is 63.3 Å². The molecule has 0 unspecified atom stereocenters. The number of anilines is 3. The number of thiazole rings is 1. The number of aliphatic hydroxyl groups excluding tert-OH is 1. The number of rotatable bonds is 7. The molecule has 176 valence electrons. The number of likely N-dealkylation sites (tertiary alicyclic amines) is 1. The first kappa shape index (κ1) is 22.4. The van der Waals surface area contributed by atoms with Gasteiger partial charge in [-0.2, -0.15) is 4.98 Å². The second-order valence-corrected chi connectivity index (χ2v) is 9.88. The highest BCUT2D eigenvalue weighted by Gasteiger charge is 2.22. The Kier molecular flexibility index (Phi) is 6.96. The summed E-state index contributed by atoms with van der Waals surface area (Å²) in [4.78, 5) is 21.9. The summed E-state index contributed by atoms with van der Waals surface area (Å²) in [5.74, 6) is 1.35. The Hall–Kier alpha value is -2.40. The molecule has 5 rings (SSSR count). The van der Waals surface area contributed by atoms with Crippen LogP contribution < -0.4 is 10.6 Å². The fourth-order valence-electron chi connectivity index (χ4n) is 4.57. The minimum Gasteiger partial charge on any atom is -0.393 e. The normalized spacial score (nSPS) is 22.5. The molecule has 0 radical (unpaired) electrons. The summed E-state index contributed by atoms with van der Waals surface area (Å²) < 4.78 is 5.51. The fraction of sp³-hybridized carbons (Fsp3) is 0.565. The minimum absolute atomic E-state index is 0.185. The molecule has 1 saturated carbocycles. The van der Waals surface area contributed by atoms with Gasteiger partial charge in [-0.25, -0.2) is 15.0 Å². The topological polar surface area (TPSA) is 108 Å². The van der Waals surface area contributed by atoms with Gasteiger partial charge in [0, 0.05) is 45.0 Å². The number of fused-ring (bicyclic) bond motifs is 1. The van der Waals surface area contributed by atoms with Crippen molar-refractivity contribution in [2.24, 2.45) is 0 Å².